The number of carbonyl (C=O) groups is 1. The second-order valence-electron chi connectivity index (χ2n) is 7.21. The van der Waals surface area contributed by atoms with E-state index in [0.717, 1.165) is 16.7 Å². The summed E-state index contributed by atoms with van der Waals surface area (Å²) in [6, 6.07) is 22.2. The van der Waals surface area contributed by atoms with E-state index in [2.05, 4.69) is 10.0 Å². The van der Waals surface area contributed by atoms with Gasteiger partial charge in [-0.05, 0) is 37.1 Å². The maximum absolute atomic E-state index is 13.0. The highest BCUT2D eigenvalue weighted by molar-refractivity contribution is 7.89. The van der Waals surface area contributed by atoms with Gasteiger partial charge in [-0.2, -0.15) is 4.72 Å². The fraction of sp³-hybridized carbons (Fsp3) is 0.208. The minimum Gasteiger partial charge on any atom is -0.496 e. The van der Waals surface area contributed by atoms with Gasteiger partial charge in [0, 0.05) is 12.1 Å². The number of ether oxygens (including phenoxy) is 1. The number of para-hydroxylation sites is 1. The van der Waals surface area contributed by atoms with Crippen molar-refractivity contribution >= 4 is 15.9 Å². The molecule has 0 saturated carbocycles. The summed E-state index contributed by atoms with van der Waals surface area (Å²) < 4.78 is 33.7. The predicted octanol–water partition coefficient (Wildman–Crippen LogP) is 3.21. The van der Waals surface area contributed by atoms with E-state index in [1.807, 2.05) is 61.5 Å². The van der Waals surface area contributed by atoms with Crippen LogP contribution in [0.3, 0.4) is 0 Å². The molecular formula is C24H26N2O4S. The number of benzene rings is 3. The van der Waals surface area contributed by atoms with Crippen LogP contribution in [0.15, 0.2) is 83.8 Å². The van der Waals surface area contributed by atoms with Gasteiger partial charge in [-0.15, -0.1) is 0 Å². The average molecular weight is 439 g/mol. The Morgan fingerprint density at radius 2 is 1.58 bits per heavy atom. The number of sulfonamides is 1. The highest BCUT2D eigenvalue weighted by Gasteiger charge is 2.26. The SMILES string of the molecule is COc1ccccc1CNC(=O)[C@H](Cc1ccccc1)NS(=O)(=O)c1ccc(C)cc1. The Hall–Kier alpha value is -3.16. The lowest BCUT2D eigenvalue weighted by Crippen LogP contribution is -2.47. The summed E-state index contributed by atoms with van der Waals surface area (Å²) in [4.78, 5) is 13.1. The lowest BCUT2D eigenvalue weighted by atomic mass is 10.1. The molecule has 0 aliphatic carbocycles. The van der Waals surface area contributed by atoms with Crippen LogP contribution in [0.1, 0.15) is 16.7 Å². The Balaban J connectivity index is 1.80. The molecule has 162 valence electrons. The maximum atomic E-state index is 13.0. The Bertz CT molecular complexity index is 1110. The van der Waals surface area contributed by atoms with Gasteiger partial charge in [-0.1, -0.05) is 66.2 Å². The van der Waals surface area contributed by atoms with E-state index in [1.165, 1.54) is 12.1 Å². The summed E-state index contributed by atoms with van der Waals surface area (Å²) in [5.74, 6) is 0.244. The van der Waals surface area contributed by atoms with Crippen molar-refractivity contribution in [3.63, 3.8) is 0 Å². The molecule has 0 aliphatic heterocycles. The molecular weight excluding hydrogens is 412 g/mol. The Kier molecular flexibility index (Phi) is 7.44. The smallest absolute Gasteiger partial charge is 0.241 e. The fourth-order valence-corrected chi connectivity index (χ4v) is 4.36. The number of hydrogen-bond donors (Lipinski definition) is 2. The van der Waals surface area contributed by atoms with Crippen LogP contribution in [-0.2, 0) is 27.8 Å². The van der Waals surface area contributed by atoms with Crippen molar-refractivity contribution in [2.45, 2.75) is 30.8 Å². The standard InChI is InChI=1S/C24H26N2O4S/c1-18-12-14-21(15-13-18)31(28,29)26-22(16-19-8-4-3-5-9-19)24(27)25-17-20-10-6-7-11-23(20)30-2/h3-15,22,26H,16-17H2,1-2H3,(H,25,27)/t22-/m0/s1. The molecule has 0 saturated heterocycles. The third-order valence-electron chi connectivity index (χ3n) is 4.87. The fourth-order valence-electron chi connectivity index (χ4n) is 3.16. The van der Waals surface area contributed by atoms with E-state index in [1.54, 1.807) is 19.2 Å². The quantitative estimate of drug-likeness (QED) is 0.537. The second kappa shape index (κ2) is 10.2. The summed E-state index contributed by atoms with van der Waals surface area (Å²) in [6.45, 7) is 2.10. The molecule has 0 radical (unpaired) electrons. The summed E-state index contributed by atoms with van der Waals surface area (Å²) in [5, 5.41) is 2.83. The van der Waals surface area contributed by atoms with Gasteiger partial charge in [0.05, 0.1) is 12.0 Å². The number of aryl methyl sites for hydroxylation is 1. The van der Waals surface area contributed by atoms with Crippen LogP contribution in [0.2, 0.25) is 0 Å². The topological polar surface area (TPSA) is 84.5 Å². The molecule has 0 aliphatic rings. The largest absolute Gasteiger partial charge is 0.496 e. The van der Waals surface area contributed by atoms with Crippen molar-refractivity contribution in [2.75, 3.05) is 7.11 Å². The van der Waals surface area contributed by atoms with Gasteiger partial charge in [0.2, 0.25) is 15.9 Å². The third kappa shape index (κ3) is 6.16. The zero-order valence-electron chi connectivity index (χ0n) is 17.5. The molecule has 1 atom stereocenters. The van der Waals surface area contributed by atoms with Gasteiger partial charge in [0.15, 0.2) is 0 Å². The van der Waals surface area contributed by atoms with Crippen LogP contribution in [0.25, 0.3) is 0 Å². The lowest BCUT2D eigenvalue weighted by Gasteiger charge is -2.19. The van der Waals surface area contributed by atoms with E-state index in [4.69, 9.17) is 4.74 Å². The van der Waals surface area contributed by atoms with Crippen LogP contribution < -0.4 is 14.8 Å². The minimum atomic E-state index is -3.87. The van der Waals surface area contributed by atoms with Gasteiger partial charge in [0.1, 0.15) is 11.8 Å². The first-order valence-electron chi connectivity index (χ1n) is 9.91. The molecule has 3 aromatic carbocycles. The normalized spacial score (nSPS) is 12.2. The predicted molar refractivity (Wildman–Crippen MR) is 120 cm³/mol. The molecule has 1 amide bonds. The molecule has 6 nitrogen and oxygen atoms in total. The van der Waals surface area contributed by atoms with Crippen molar-refractivity contribution in [3.8, 4) is 5.75 Å². The van der Waals surface area contributed by atoms with Crippen LogP contribution in [0.4, 0.5) is 0 Å². The van der Waals surface area contributed by atoms with Crippen LogP contribution in [0, 0.1) is 6.92 Å². The average Bonchev–Trinajstić information content (AvgIpc) is 2.78. The van der Waals surface area contributed by atoms with Gasteiger partial charge >= 0.3 is 0 Å². The van der Waals surface area contributed by atoms with Gasteiger partial charge in [-0.25, -0.2) is 8.42 Å². The minimum absolute atomic E-state index is 0.119. The van der Waals surface area contributed by atoms with Crippen LogP contribution in [-0.4, -0.2) is 27.5 Å². The van der Waals surface area contributed by atoms with Crippen molar-refractivity contribution < 1.29 is 17.9 Å². The van der Waals surface area contributed by atoms with Crippen molar-refractivity contribution in [1.29, 1.82) is 0 Å². The first-order valence-corrected chi connectivity index (χ1v) is 11.4. The van der Waals surface area contributed by atoms with E-state index in [9.17, 15) is 13.2 Å². The molecule has 3 aromatic rings. The molecule has 0 aromatic heterocycles. The number of amides is 1. The Morgan fingerprint density at radius 3 is 2.26 bits per heavy atom. The van der Waals surface area contributed by atoms with Crippen molar-refractivity contribution in [3.05, 3.63) is 95.6 Å². The van der Waals surface area contributed by atoms with E-state index < -0.39 is 22.0 Å². The van der Waals surface area contributed by atoms with Gasteiger partial charge in [0.25, 0.3) is 0 Å². The number of methoxy groups -OCH3 is 1. The Morgan fingerprint density at radius 1 is 0.935 bits per heavy atom. The third-order valence-corrected chi connectivity index (χ3v) is 6.36. The van der Waals surface area contributed by atoms with Crippen LogP contribution >= 0.6 is 0 Å². The van der Waals surface area contributed by atoms with Gasteiger partial charge in [-0.3, -0.25) is 4.79 Å². The molecule has 0 fully saturated rings. The van der Waals surface area contributed by atoms with Crippen molar-refractivity contribution in [2.24, 2.45) is 0 Å². The number of carbonyl (C=O) groups excluding carboxylic acids is 1. The number of nitrogens with one attached hydrogen (secondary N) is 2. The zero-order chi connectivity index (χ0) is 22.3. The molecule has 31 heavy (non-hydrogen) atoms. The second-order valence-corrected chi connectivity index (χ2v) is 8.92. The van der Waals surface area contributed by atoms with Gasteiger partial charge < -0.3 is 10.1 Å². The summed E-state index contributed by atoms with van der Waals surface area (Å²) in [6.07, 6.45) is 0.226. The molecule has 0 spiro atoms. The van der Waals surface area contributed by atoms with Crippen LogP contribution in [0.5, 0.6) is 5.75 Å². The molecule has 0 unspecified atom stereocenters. The molecule has 7 heteroatoms. The summed E-state index contributed by atoms with van der Waals surface area (Å²) in [7, 11) is -2.31. The zero-order valence-corrected chi connectivity index (χ0v) is 18.4. The number of hydrogen-bond acceptors (Lipinski definition) is 4. The van der Waals surface area contributed by atoms with Crippen molar-refractivity contribution in [1.82, 2.24) is 10.0 Å². The van der Waals surface area contributed by atoms with E-state index >= 15 is 0 Å². The summed E-state index contributed by atoms with van der Waals surface area (Å²) in [5.41, 5.74) is 2.61. The first kappa shape index (κ1) is 22.5. The molecule has 0 heterocycles. The molecule has 3 rings (SSSR count). The maximum Gasteiger partial charge on any atom is 0.241 e. The number of rotatable bonds is 9. The van der Waals surface area contributed by atoms with E-state index in [0.29, 0.717) is 5.75 Å². The monoisotopic (exact) mass is 438 g/mol. The molecule has 2 N–H and O–H groups in total. The lowest BCUT2D eigenvalue weighted by molar-refractivity contribution is -0.122. The summed E-state index contributed by atoms with van der Waals surface area (Å²) >= 11 is 0. The first-order chi connectivity index (χ1) is 14.9. The molecule has 0 bridgehead atoms. The highest BCUT2D eigenvalue weighted by Crippen LogP contribution is 2.17. The highest BCUT2D eigenvalue weighted by atomic mass is 32.2. The Labute approximate surface area is 183 Å². The van der Waals surface area contributed by atoms with E-state index in [-0.39, 0.29) is 17.9 Å².